The molecular weight excluding hydrogens is 453 g/mol. The maximum atomic E-state index is 14.6. The van der Waals surface area contributed by atoms with E-state index in [-0.39, 0.29) is 23.3 Å². The van der Waals surface area contributed by atoms with E-state index in [1.807, 2.05) is 31.8 Å². The summed E-state index contributed by atoms with van der Waals surface area (Å²) in [5.74, 6) is 0.679. The fraction of sp³-hybridized carbons (Fsp3) is 0.448. The average molecular weight is 492 g/mol. The Labute approximate surface area is 213 Å². The Balaban J connectivity index is 1.41. The van der Waals surface area contributed by atoms with Crippen LogP contribution in [-0.4, -0.2) is 36.3 Å². The lowest BCUT2D eigenvalue weighted by Crippen LogP contribution is -2.38. The van der Waals surface area contributed by atoms with Crippen molar-refractivity contribution in [1.29, 1.82) is 0 Å². The number of hydrogen-bond acceptors (Lipinski definition) is 4. The molecule has 0 radical (unpaired) electrons. The van der Waals surface area contributed by atoms with Crippen LogP contribution in [0.2, 0.25) is 0 Å². The molecule has 1 aliphatic heterocycles. The van der Waals surface area contributed by atoms with Crippen LogP contribution in [0.25, 0.3) is 0 Å². The van der Waals surface area contributed by atoms with E-state index in [1.165, 1.54) is 17.3 Å². The van der Waals surface area contributed by atoms with Crippen LogP contribution in [0.5, 0.6) is 0 Å². The van der Waals surface area contributed by atoms with E-state index >= 15 is 0 Å². The zero-order chi connectivity index (χ0) is 26.0. The summed E-state index contributed by atoms with van der Waals surface area (Å²) in [6, 6.07) is 15.2. The lowest BCUT2D eigenvalue weighted by atomic mass is 9.88. The molecule has 1 amide bonds. The van der Waals surface area contributed by atoms with Crippen molar-refractivity contribution in [2.24, 2.45) is 0 Å². The number of aryl methyl sites for hydroxylation is 1. The van der Waals surface area contributed by atoms with Crippen LogP contribution in [0, 0.1) is 12.7 Å². The van der Waals surface area contributed by atoms with E-state index in [0.29, 0.717) is 41.5 Å². The molecule has 192 valence electrons. The highest BCUT2D eigenvalue weighted by Gasteiger charge is 2.38. The fourth-order valence-electron chi connectivity index (χ4n) is 5.08. The molecular formula is C29H38FN5O. The Hall–Kier alpha value is -3.35. The van der Waals surface area contributed by atoms with Gasteiger partial charge in [-0.2, -0.15) is 5.10 Å². The van der Waals surface area contributed by atoms with Crippen molar-refractivity contribution in [3.8, 4) is 0 Å². The summed E-state index contributed by atoms with van der Waals surface area (Å²) in [6.45, 7) is 8.82. The molecule has 2 aromatic carbocycles. The van der Waals surface area contributed by atoms with Gasteiger partial charge in [-0.05, 0) is 69.7 Å². The molecule has 1 aliphatic rings. The number of amides is 1. The SMILES string of the molecule is Cc1nn2c(c1C(=O)NCCCC(C)c1ccc(N(C)C)cc1)NC(c1ccccc1F)CC2(C)C. The Morgan fingerprint density at radius 2 is 1.92 bits per heavy atom. The Kier molecular flexibility index (Phi) is 7.38. The molecule has 2 atom stereocenters. The number of halogens is 1. The third-order valence-electron chi connectivity index (χ3n) is 7.23. The molecule has 2 unspecified atom stereocenters. The Morgan fingerprint density at radius 3 is 2.58 bits per heavy atom. The van der Waals surface area contributed by atoms with Gasteiger partial charge in [0.2, 0.25) is 0 Å². The molecule has 2 N–H and O–H groups in total. The van der Waals surface area contributed by atoms with E-state index < -0.39 is 0 Å². The van der Waals surface area contributed by atoms with Gasteiger partial charge >= 0.3 is 0 Å². The van der Waals surface area contributed by atoms with Gasteiger partial charge in [0.25, 0.3) is 5.91 Å². The van der Waals surface area contributed by atoms with Crippen molar-refractivity contribution in [1.82, 2.24) is 15.1 Å². The summed E-state index contributed by atoms with van der Waals surface area (Å²) in [6.07, 6.45) is 2.52. The maximum Gasteiger partial charge on any atom is 0.256 e. The lowest BCUT2D eigenvalue weighted by Gasteiger charge is -2.38. The minimum absolute atomic E-state index is 0.144. The van der Waals surface area contributed by atoms with Crippen LogP contribution in [0.15, 0.2) is 48.5 Å². The van der Waals surface area contributed by atoms with Crippen LogP contribution in [-0.2, 0) is 5.54 Å². The summed E-state index contributed by atoms with van der Waals surface area (Å²) < 4.78 is 16.5. The molecule has 0 bridgehead atoms. The van der Waals surface area contributed by atoms with E-state index in [4.69, 9.17) is 0 Å². The number of aromatic nitrogens is 2. The lowest BCUT2D eigenvalue weighted by molar-refractivity contribution is 0.0952. The highest BCUT2D eigenvalue weighted by molar-refractivity contribution is 6.00. The van der Waals surface area contributed by atoms with Crippen LogP contribution in [0.3, 0.4) is 0 Å². The highest BCUT2D eigenvalue weighted by atomic mass is 19.1. The molecule has 0 aliphatic carbocycles. The van der Waals surface area contributed by atoms with Gasteiger partial charge in [0, 0.05) is 31.9 Å². The predicted octanol–water partition coefficient (Wildman–Crippen LogP) is 6.00. The summed E-state index contributed by atoms with van der Waals surface area (Å²) in [5, 5.41) is 11.2. The van der Waals surface area contributed by atoms with E-state index in [9.17, 15) is 9.18 Å². The van der Waals surface area contributed by atoms with Crippen LogP contribution in [0.4, 0.5) is 15.9 Å². The zero-order valence-corrected chi connectivity index (χ0v) is 22.2. The number of benzene rings is 2. The monoisotopic (exact) mass is 491 g/mol. The van der Waals surface area contributed by atoms with Crippen molar-refractivity contribution in [2.75, 3.05) is 30.9 Å². The maximum absolute atomic E-state index is 14.6. The first-order valence-electron chi connectivity index (χ1n) is 12.7. The number of hydrogen-bond donors (Lipinski definition) is 2. The quantitative estimate of drug-likeness (QED) is 0.379. The number of carbonyl (C=O) groups excluding carboxylic acids is 1. The first kappa shape index (κ1) is 25.7. The summed E-state index contributed by atoms with van der Waals surface area (Å²) in [4.78, 5) is 15.3. The van der Waals surface area contributed by atoms with Gasteiger partial charge in [0.05, 0.1) is 17.3 Å². The van der Waals surface area contributed by atoms with Crippen LogP contribution < -0.4 is 15.5 Å². The van der Waals surface area contributed by atoms with Crippen molar-refractivity contribution in [2.45, 2.75) is 64.5 Å². The van der Waals surface area contributed by atoms with Gasteiger partial charge in [0.1, 0.15) is 17.2 Å². The molecule has 7 heteroatoms. The minimum atomic E-state index is -0.367. The van der Waals surface area contributed by atoms with Gasteiger partial charge in [-0.1, -0.05) is 37.3 Å². The van der Waals surface area contributed by atoms with Gasteiger partial charge in [-0.3, -0.25) is 4.79 Å². The Bertz CT molecular complexity index is 1210. The number of rotatable bonds is 8. The predicted molar refractivity (Wildman–Crippen MR) is 144 cm³/mol. The molecule has 36 heavy (non-hydrogen) atoms. The minimum Gasteiger partial charge on any atom is -0.378 e. The molecule has 3 aromatic rings. The van der Waals surface area contributed by atoms with Crippen molar-refractivity contribution in [3.05, 3.63) is 76.7 Å². The molecule has 0 saturated carbocycles. The fourth-order valence-corrected chi connectivity index (χ4v) is 5.08. The van der Waals surface area contributed by atoms with E-state index in [2.05, 4.69) is 65.7 Å². The first-order chi connectivity index (χ1) is 17.1. The number of anilines is 2. The molecule has 4 rings (SSSR count). The summed E-state index contributed by atoms with van der Waals surface area (Å²) >= 11 is 0. The van der Waals surface area contributed by atoms with Gasteiger partial charge in [0.15, 0.2) is 0 Å². The third kappa shape index (κ3) is 5.25. The topological polar surface area (TPSA) is 62.2 Å². The molecule has 0 spiro atoms. The zero-order valence-electron chi connectivity index (χ0n) is 22.2. The van der Waals surface area contributed by atoms with Gasteiger partial charge < -0.3 is 15.5 Å². The first-order valence-corrected chi connectivity index (χ1v) is 12.7. The second-order valence-electron chi connectivity index (χ2n) is 10.7. The molecule has 2 heterocycles. The summed E-state index contributed by atoms with van der Waals surface area (Å²) in [7, 11) is 4.08. The third-order valence-corrected chi connectivity index (χ3v) is 7.23. The van der Waals surface area contributed by atoms with Crippen molar-refractivity contribution < 1.29 is 9.18 Å². The second kappa shape index (κ2) is 10.3. The highest BCUT2D eigenvalue weighted by Crippen LogP contribution is 2.41. The standard InChI is InChI=1S/C29H38FN5O/c1-19(21-13-15-22(16-14-21)34(5)6)10-9-17-31-28(36)26-20(2)33-35-27(26)32-25(18-29(35,3)4)23-11-7-8-12-24(23)30/h7-8,11-16,19,25,32H,9-10,17-18H2,1-6H3,(H,31,36). The van der Waals surface area contributed by atoms with Crippen molar-refractivity contribution >= 4 is 17.4 Å². The summed E-state index contributed by atoms with van der Waals surface area (Å²) in [5.41, 5.74) is 3.94. The van der Waals surface area contributed by atoms with Gasteiger partial charge in [-0.15, -0.1) is 0 Å². The van der Waals surface area contributed by atoms with E-state index in [0.717, 1.165) is 12.8 Å². The molecule has 1 aromatic heterocycles. The van der Waals surface area contributed by atoms with E-state index in [1.54, 1.807) is 12.1 Å². The number of fused-ring (bicyclic) bond motifs is 1. The number of nitrogens with one attached hydrogen (secondary N) is 2. The number of carbonyl (C=O) groups is 1. The average Bonchev–Trinajstić information content (AvgIpc) is 3.18. The van der Waals surface area contributed by atoms with Gasteiger partial charge in [-0.25, -0.2) is 9.07 Å². The smallest absolute Gasteiger partial charge is 0.256 e. The molecule has 0 saturated heterocycles. The molecule has 6 nitrogen and oxygen atoms in total. The van der Waals surface area contributed by atoms with Crippen LogP contribution >= 0.6 is 0 Å². The van der Waals surface area contributed by atoms with Crippen molar-refractivity contribution in [3.63, 3.8) is 0 Å². The van der Waals surface area contributed by atoms with Crippen LogP contribution in [0.1, 0.15) is 79.2 Å². The largest absolute Gasteiger partial charge is 0.378 e. The second-order valence-corrected chi connectivity index (χ2v) is 10.7. The number of nitrogens with zero attached hydrogens (tertiary/aromatic N) is 3. The normalized spacial score (nSPS) is 17.1. The Morgan fingerprint density at radius 1 is 1.22 bits per heavy atom. The molecule has 0 fully saturated rings.